The molecule has 0 saturated carbocycles. The highest BCUT2D eigenvalue weighted by Crippen LogP contribution is 2.26. The quantitative estimate of drug-likeness (QED) is 0.610. The molecule has 1 amide bonds. The highest BCUT2D eigenvalue weighted by Gasteiger charge is 2.14. The first-order chi connectivity index (χ1) is 12.1. The fourth-order valence-corrected chi connectivity index (χ4v) is 3.34. The van der Waals surface area contributed by atoms with Crippen LogP contribution in [0.5, 0.6) is 0 Å². The molecule has 0 aliphatic heterocycles. The molecule has 0 atom stereocenters. The fraction of sp³-hybridized carbons (Fsp3) is 0.158. The molecule has 0 fully saturated rings. The molecule has 0 bridgehead atoms. The monoisotopic (exact) mass is 352 g/mol. The standard InChI is InChI=1S/C19H17ClN4O/c1-23-16-8-4-5-14(20)13(16)11-18(23)19(25)21-9-10-24-12-22-15-6-2-3-7-17(15)24/h2-8,11-12H,9-10H2,1H3,(H,21,25). The lowest BCUT2D eigenvalue weighted by Gasteiger charge is -2.08. The molecule has 0 aliphatic carbocycles. The van der Waals surface area contributed by atoms with E-state index >= 15 is 0 Å². The van der Waals surface area contributed by atoms with Crippen molar-refractivity contribution in [3.63, 3.8) is 0 Å². The van der Waals surface area contributed by atoms with Gasteiger partial charge in [-0.1, -0.05) is 29.8 Å². The number of para-hydroxylation sites is 2. The van der Waals surface area contributed by atoms with E-state index in [1.54, 1.807) is 6.33 Å². The number of aryl methyl sites for hydroxylation is 1. The predicted octanol–water partition coefficient (Wildman–Crippen LogP) is 3.61. The molecule has 1 N–H and O–H groups in total. The van der Waals surface area contributed by atoms with Gasteiger partial charge in [0.1, 0.15) is 5.69 Å². The molecule has 25 heavy (non-hydrogen) atoms. The first kappa shape index (κ1) is 15.7. The smallest absolute Gasteiger partial charge is 0.267 e. The van der Waals surface area contributed by atoms with Crippen LogP contribution in [0.15, 0.2) is 54.9 Å². The van der Waals surface area contributed by atoms with Crippen molar-refractivity contribution in [3.8, 4) is 0 Å². The third kappa shape index (κ3) is 2.76. The zero-order chi connectivity index (χ0) is 17.4. The van der Waals surface area contributed by atoms with E-state index in [-0.39, 0.29) is 5.91 Å². The summed E-state index contributed by atoms with van der Waals surface area (Å²) < 4.78 is 3.90. The van der Waals surface area contributed by atoms with E-state index in [0.29, 0.717) is 23.8 Å². The van der Waals surface area contributed by atoms with Gasteiger partial charge in [0.25, 0.3) is 5.91 Å². The number of hydrogen-bond acceptors (Lipinski definition) is 2. The van der Waals surface area contributed by atoms with Gasteiger partial charge in [0.15, 0.2) is 0 Å². The molecule has 126 valence electrons. The Morgan fingerprint density at radius 1 is 1.16 bits per heavy atom. The number of hydrogen-bond donors (Lipinski definition) is 1. The number of carbonyl (C=O) groups excluding carboxylic acids is 1. The van der Waals surface area contributed by atoms with Crippen LogP contribution in [0.2, 0.25) is 5.02 Å². The molecule has 0 radical (unpaired) electrons. The second-order valence-electron chi connectivity index (χ2n) is 5.94. The van der Waals surface area contributed by atoms with Crippen molar-refractivity contribution in [1.82, 2.24) is 19.4 Å². The summed E-state index contributed by atoms with van der Waals surface area (Å²) in [5.41, 5.74) is 3.56. The summed E-state index contributed by atoms with van der Waals surface area (Å²) in [5, 5.41) is 4.51. The lowest BCUT2D eigenvalue weighted by Crippen LogP contribution is -2.28. The summed E-state index contributed by atoms with van der Waals surface area (Å²) in [6.07, 6.45) is 1.80. The molecule has 4 aromatic rings. The molecule has 0 spiro atoms. The Bertz CT molecular complexity index is 1080. The third-order valence-electron chi connectivity index (χ3n) is 4.43. The van der Waals surface area contributed by atoms with Gasteiger partial charge < -0.3 is 14.5 Å². The Kier molecular flexibility index (Phi) is 3.93. The lowest BCUT2D eigenvalue weighted by molar-refractivity contribution is 0.0944. The SMILES string of the molecule is Cn1c(C(=O)NCCn2cnc3ccccc32)cc2c(Cl)cccc21. The van der Waals surface area contributed by atoms with E-state index in [1.807, 2.05) is 64.7 Å². The van der Waals surface area contributed by atoms with E-state index in [1.165, 1.54) is 0 Å². The molecule has 2 heterocycles. The topological polar surface area (TPSA) is 51.9 Å². The molecular formula is C19H17ClN4O. The maximum atomic E-state index is 12.5. The normalized spacial score (nSPS) is 11.3. The molecule has 5 nitrogen and oxygen atoms in total. The number of carbonyl (C=O) groups is 1. The van der Waals surface area contributed by atoms with Crippen LogP contribution in [0, 0.1) is 0 Å². The van der Waals surface area contributed by atoms with Crippen LogP contribution in [0.1, 0.15) is 10.5 Å². The largest absolute Gasteiger partial charge is 0.349 e. The minimum atomic E-state index is -0.112. The van der Waals surface area contributed by atoms with Crippen LogP contribution in [-0.4, -0.2) is 26.6 Å². The summed E-state index contributed by atoms with van der Waals surface area (Å²) >= 11 is 6.22. The van der Waals surface area contributed by atoms with Crippen LogP contribution < -0.4 is 5.32 Å². The van der Waals surface area contributed by atoms with Crippen LogP contribution in [0.3, 0.4) is 0 Å². The molecule has 0 saturated heterocycles. The second-order valence-corrected chi connectivity index (χ2v) is 6.35. The Morgan fingerprint density at radius 3 is 2.80 bits per heavy atom. The van der Waals surface area contributed by atoms with E-state index in [4.69, 9.17) is 11.6 Å². The molecular weight excluding hydrogens is 336 g/mol. The Hall–Kier alpha value is -2.79. The van der Waals surface area contributed by atoms with Gasteiger partial charge in [-0.05, 0) is 30.3 Å². The molecule has 2 aromatic carbocycles. The van der Waals surface area contributed by atoms with Gasteiger partial charge >= 0.3 is 0 Å². The van der Waals surface area contributed by atoms with Gasteiger partial charge in [0, 0.05) is 36.1 Å². The van der Waals surface area contributed by atoms with Gasteiger partial charge in [-0.15, -0.1) is 0 Å². The number of halogens is 1. The third-order valence-corrected chi connectivity index (χ3v) is 4.76. The van der Waals surface area contributed by atoms with Crippen molar-refractivity contribution in [2.75, 3.05) is 6.54 Å². The minimum absolute atomic E-state index is 0.112. The number of fused-ring (bicyclic) bond motifs is 2. The average Bonchev–Trinajstić information content (AvgIpc) is 3.18. The summed E-state index contributed by atoms with van der Waals surface area (Å²) in [5.74, 6) is -0.112. The van der Waals surface area contributed by atoms with Crippen molar-refractivity contribution in [3.05, 3.63) is 65.6 Å². The lowest BCUT2D eigenvalue weighted by atomic mass is 10.2. The van der Waals surface area contributed by atoms with Crippen LogP contribution >= 0.6 is 11.6 Å². The Morgan fingerprint density at radius 2 is 1.96 bits per heavy atom. The number of nitrogens with one attached hydrogen (secondary N) is 1. The zero-order valence-corrected chi connectivity index (χ0v) is 14.5. The van der Waals surface area contributed by atoms with Crippen molar-refractivity contribution in [2.45, 2.75) is 6.54 Å². The van der Waals surface area contributed by atoms with Gasteiger partial charge in [0.05, 0.1) is 17.4 Å². The zero-order valence-electron chi connectivity index (χ0n) is 13.7. The summed E-state index contributed by atoms with van der Waals surface area (Å²) in [7, 11) is 1.87. The van der Waals surface area contributed by atoms with Crippen LogP contribution in [-0.2, 0) is 13.6 Å². The second kappa shape index (κ2) is 6.26. The van der Waals surface area contributed by atoms with E-state index in [2.05, 4.69) is 10.3 Å². The van der Waals surface area contributed by atoms with Crippen LogP contribution in [0.25, 0.3) is 21.9 Å². The van der Waals surface area contributed by atoms with Gasteiger partial charge in [-0.25, -0.2) is 4.98 Å². The fourth-order valence-electron chi connectivity index (χ4n) is 3.11. The molecule has 2 aromatic heterocycles. The summed E-state index contributed by atoms with van der Waals surface area (Å²) in [6.45, 7) is 1.19. The highest BCUT2D eigenvalue weighted by atomic mass is 35.5. The molecule has 6 heteroatoms. The predicted molar refractivity (Wildman–Crippen MR) is 100.0 cm³/mol. The molecule has 0 unspecified atom stereocenters. The Balaban J connectivity index is 1.49. The summed E-state index contributed by atoms with van der Waals surface area (Å²) in [4.78, 5) is 16.9. The average molecular weight is 353 g/mol. The van der Waals surface area contributed by atoms with Crippen LogP contribution in [0.4, 0.5) is 0 Å². The number of imidazole rings is 1. The molecule has 0 aliphatic rings. The number of nitrogens with zero attached hydrogens (tertiary/aromatic N) is 3. The van der Waals surface area contributed by atoms with Crippen molar-refractivity contribution >= 4 is 39.4 Å². The maximum absolute atomic E-state index is 12.5. The van der Waals surface area contributed by atoms with Gasteiger partial charge in [-0.2, -0.15) is 0 Å². The van der Waals surface area contributed by atoms with E-state index in [0.717, 1.165) is 21.9 Å². The number of aromatic nitrogens is 3. The number of amides is 1. The molecule has 4 rings (SSSR count). The van der Waals surface area contributed by atoms with Crippen molar-refractivity contribution in [2.24, 2.45) is 7.05 Å². The highest BCUT2D eigenvalue weighted by molar-refractivity contribution is 6.35. The first-order valence-electron chi connectivity index (χ1n) is 8.07. The minimum Gasteiger partial charge on any atom is -0.349 e. The van der Waals surface area contributed by atoms with E-state index in [9.17, 15) is 4.79 Å². The first-order valence-corrected chi connectivity index (χ1v) is 8.45. The number of benzene rings is 2. The Labute approximate surface area is 149 Å². The van der Waals surface area contributed by atoms with Gasteiger partial charge in [0.2, 0.25) is 0 Å². The van der Waals surface area contributed by atoms with E-state index < -0.39 is 0 Å². The van der Waals surface area contributed by atoms with Crippen molar-refractivity contribution in [1.29, 1.82) is 0 Å². The summed E-state index contributed by atoms with van der Waals surface area (Å²) in [6, 6.07) is 15.5. The van der Waals surface area contributed by atoms with Gasteiger partial charge in [-0.3, -0.25) is 4.79 Å². The maximum Gasteiger partial charge on any atom is 0.267 e. The number of rotatable bonds is 4. The van der Waals surface area contributed by atoms with Crippen molar-refractivity contribution < 1.29 is 4.79 Å².